The van der Waals surface area contributed by atoms with E-state index in [1.165, 1.54) is 0 Å². The second-order valence-electron chi connectivity index (χ2n) is 5.47. The van der Waals surface area contributed by atoms with E-state index in [0.29, 0.717) is 38.4 Å². The SMILES string of the molecule is CCNS(=O)(=O)c1ccc2c(c1)N(C(=O)[C@H]1COCCO1)CC2. The molecule has 0 bridgehead atoms. The van der Waals surface area contributed by atoms with Crippen LogP contribution in [-0.2, 0) is 30.7 Å². The number of hydrogen-bond acceptors (Lipinski definition) is 5. The molecule has 0 unspecified atom stereocenters. The molecule has 0 aromatic heterocycles. The third-order valence-corrected chi connectivity index (χ3v) is 5.50. The van der Waals surface area contributed by atoms with Crippen molar-refractivity contribution < 1.29 is 22.7 Å². The Hall–Kier alpha value is -1.48. The number of hydrogen-bond donors (Lipinski definition) is 1. The van der Waals surface area contributed by atoms with Crippen molar-refractivity contribution in [1.29, 1.82) is 0 Å². The van der Waals surface area contributed by atoms with Gasteiger partial charge in [0.2, 0.25) is 10.0 Å². The summed E-state index contributed by atoms with van der Waals surface area (Å²) in [7, 11) is -3.55. The zero-order valence-corrected chi connectivity index (χ0v) is 13.8. The number of nitrogens with zero attached hydrogens (tertiary/aromatic N) is 1. The average Bonchev–Trinajstić information content (AvgIpc) is 2.98. The van der Waals surface area contributed by atoms with Gasteiger partial charge in [-0.05, 0) is 24.1 Å². The van der Waals surface area contributed by atoms with Crippen LogP contribution < -0.4 is 9.62 Å². The van der Waals surface area contributed by atoms with Gasteiger partial charge >= 0.3 is 0 Å². The standard InChI is InChI=1S/C15H20N2O5S/c1-2-16-23(19,20)12-4-3-11-5-6-17(13(11)9-12)15(18)14-10-21-7-8-22-14/h3-4,9,14,16H,2,5-8,10H2,1H3/t14-/m1/s1. The first-order valence-electron chi connectivity index (χ1n) is 7.66. The van der Waals surface area contributed by atoms with Crippen LogP contribution in [0.5, 0.6) is 0 Å². The maximum atomic E-state index is 12.6. The number of ether oxygens (including phenoxy) is 2. The quantitative estimate of drug-likeness (QED) is 0.851. The molecule has 1 aromatic rings. The molecule has 2 aliphatic rings. The summed E-state index contributed by atoms with van der Waals surface area (Å²) in [6.07, 6.45) is 0.0830. The molecule has 2 aliphatic heterocycles. The number of fused-ring (bicyclic) bond motifs is 1. The third kappa shape index (κ3) is 3.25. The van der Waals surface area contributed by atoms with Crippen molar-refractivity contribution in [3.8, 4) is 0 Å². The lowest BCUT2D eigenvalue weighted by atomic mass is 10.2. The minimum absolute atomic E-state index is 0.165. The monoisotopic (exact) mass is 340 g/mol. The van der Waals surface area contributed by atoms with Gasteiger partial charge in [-0.1, -0.05) is 13.0 Å². The number of benzene rings is 1. The highest BCUT2D eigenvalue weighted by Crippen LogP contribution is 2.31. The zero-order valence-electron chi connectivity index (χ0n) is 12.9. The summed E-state index contributed by atoms with van der Waals surface area (Å²) in [4.78, 5) is 14.4. The Morgan fingerprint density at radius 3 is 2.91 bits per heavy atom. The summed E-state index contributed by atoms with van der Waals surface area (Å²) in [5.74, 6) is -0.179. The van der Waals surface area contributed by atoms with Crippen molar-refractivity contribution in [2.45, 2.75) is 24.3 Å². The minimum Gasteiger partial charge on any atom is -0.376 e. The Morgan fingerprint density at radius 2 is 2.22 bits per heavy atom. The van der Waals surface area contributed by atoms with E-state index >= 15 is 0 Å². The zero-order chi connectivity index (χ0) is 16.4. The van der Waals surface area contributed by atoms with E-state index in [1.807, 2.05) is 0 Å². The lowest BCUT2D eigenvalue weighted by Crippen LogP contribution is -2.44. The van der Waals surface area contributed by atoms with Crippen LogP contribution in [0.3, 0.4) is 0 Å². The number of anilines is 1. The molecular formula is C15H20N2O5S. The minimum atomic E-state index is -3.55. The van der Waals surface area contributed by atoms with Gasteiger partial charge in [0, 0.05) is 18.8 Å². The molecule has 1 amide bonds. The van der Waals surface area contributed by atoms with Gasteiger partial charge in [-0.3, -0.25) is 4.79 Å². The molecular weight excluding hydrogens is 320 g/mol. The second kappa shape index (κ2) is 6.56. The van der Waals surface area contributed by atoms with Crippen molar-refractivity contribution in [2.75, 3.05) is 37.8 Å². The van der Waals surface area contributed by atoms with E-state index in [2.05, 4.69) is 4.72 Å². The van der Waals surface area contributed by atoms with Gasteiger partial charge in [0.25, 0.3) is 5.91 Å². The Morgan fingerprint density at radius 1 is 1.39 bits per heavy atom. The normalized spacial score (nSPS) is 21.3. The fourth-order valence-corrected chi connectivity index (χ4v) is 3.89. The molecule has 0 spiro atoms. The van der Waals surface area contributed by atoms with Gasteiger partial charge in [-0.2, -0.15) is 0 Å². The van der Waals surface area contributed by atoms with Gasteiger partial charge in [-0.25, -0.2) is 13.1 Å². The summed E-state index contributed by atoms with van der Waals surface area (Å²) in [5.41, 5.74) is 1.61. The molecule has 0 radical (unpaired) electrons. The topological polar surface area (TPSA) is 84.9 Å². The molecule has 1 aromatic carbocycles. The molecule has 0 aliphatic carbocycles. The van der Waals surface area contributed by atoms with Gasteiger partial charge in [-0.15, -0.1) is 0 Å². The van der Waals surface area contributed by atoms with Crippen LogP contribution in [0.4, 0.5) is 5.69 Å². The molecule has 1 saturated heterocycles. The van der Waals surface area contributed by atoms with E-state index in [9.17, 15) is 13.2 Å². The number of sulfonamides is 1. The predicted octanol–water partition coefficient (Wildman–Crippen LogP) is 0.289. The van der Waals surface area contributed by atoms with Crippen LogP contribution in [0, 0.1) is 0 Å². The first-order chi connectivity index (χ1) is 11.0. The van der Waals surface area contributed by atoms with E-state index in [0.717, 1.165) is 5.56 Å². The molecule has 0 saturated carbocycles. The van der Waals surface area contributed by atoms with E-state index in [1.54, 1.807) is 30.0 Å². The number of carbonyl (C=O) groups excluding carboxylic acids is 1. The van der Waals surface area contributed by atoms with Gasteiger partial charge in [0.1, 0.15) is 0 Å². The van der Waals surface area contributed by atoms with E-state index in [-0.39, 0.29) is 17.4 Å². The first kappa shape index (κ1) is 16.4. The molecule has 2 heterocycles. The first-order valence-corrected chi connectivity index (χ1v) is 9.14. The molecule has 1 N–H and O–H groups in total. The van der Waals surface area contributed by atoms with E-state index in [4.69, 9.17) is 9.47 Å². The van der Waals surface area contributed by atoms with Gasteiger partial charge < -0.3 is 14.4 Å². The second-order valence-corrected chi connectivity index (χ2v) is 7.23. The summed E-state index contributed by atoms with van der Waals surface area (Å²) in [5, 5.41) is 0. The Labute approximate surface area is 135 Å². The number of amides is 1. The summed E-state index contributed by atoms with van der Waals surface area (Å²) < 4.78 is 37.5. The van der Waals surface area contributed by atoms with Gasteiger partial charge in [0.15, 0.2) is 6.10 Å². The predicted molar refractivity (Wildman–Crippen MR) is 83.9 cm³/mol. The fraction of sp³-hybridized carbons (Fsp3) is 0.533. The molecule has 1 atom stereocenters. The lowest BCUT2D eigenvalue weighted by Gasteiger charge is -2.27. The molecule has 8 heteroatoms. The number of rotatable bonds is 4. The van der Waals surface area contributed by atoms with Crippen molar-refractivity contribution in [1.82, 2.24) is 4.72 Å². The van der Waals surface area contributed by atoms with Crippen LogP contribution >= 0.6 is 0 Å². The highest BCUT2D eigenvalue weighted by atomic mass is 32.2. The Balaban J connectivity index is 1.87. The van der Waals surface area contributed by atoms with Crippen molar-refractivity contribution in [2.24, 2.45) is 0 Å². The average molecular weight is 340 g/mol. The van der Waals surface area contributed by atoms with Crippen molar-refractivity contribution >= 4 is 21.6 Å². The largest absolute Gasteiger partial charge is 0.376 e. The van der Waals surface area contributed by atoms with Crippen molar-refractivity contribution in [3.63, 3.8) is 0 Å². The van der Waals surface area contributed by atoms with E-state index < -0.39 is 16.1 Å². The Kier molecular flexibility index (Phi) is 4.67. The smallest absolute Gasteiger partial charge is 0.258 e. The Bertz CT molecular complexity index is 698. The molecule has 3 rings (SSSR count). The fourth-order valence-electron chi connectivity index (χ4n) is 2.83. The molecule has 7 nitrogen and oxygen atoms in total. The third-order valence-electron chi connectivity index (χ3n) is 3.95. The van der Waals surface area contributed by atoms with Crippen LogP contribution in [0.15, 0.2) is 23.1 Å². The van der Waals surface area contributed by atoms with Crippen LogP contribution in [0.25, 0.3) is 0 Å². The summed E-state index contributed by atoms with van der Waals surface area (Å²) in [6, 6.07) is 4.90. The van der Waals surface area contributed by atoms with Gasteiger partial charge in [0.05, 0.1) is 24.7 Å². The highest BCUT2D eigenvalue weighted by molar-refractivity contribution is 7.89. The number of nitrogens with one attached hydrogen (secondary N) is 1. The molecule has 126 valence electrons. The maximum absolute atomic E-state index is 12.6. The van der Waals surface area contributed by atoms with Crippen LogP contribution in [0.1, 0.15) is 12.5 Å². The summed E-state index contributed by atoms with van der Waals surface area (Å²) in [6.45, 7) is 3.69. The molecule has 1 fully saturated rings. The van der Waals surface area contributed by atoms with Crippen LogP contribution in [-0.4, -0.2) is 53.3 Å². The van der Waals surface area contributed by atoms with Crippen LogP contribution in [0.2, 0.25) is 0 Å². The lowest BCUT2D eigenvalue weighted by molar-refractivity contribution is -0.144. The highest BCUT2D eigenvalue weighted by Gasteiger charge is 2.33. The number of carbonyl (C=O) groups is 1. The summed E-state index contributed by atoms with van der Waals surface area (Å²) >= 11 is 0. The maximum Gasteiger partial charge on any atom is 0.258 e. The van der Waals surface area contributed by atoms with Crippen molar-refractivity contribution in [3.05, 3.63) is 23.8 Å². The molecule has 23 heavy (non-hydrogen) atoms.